The molecule has 3 heteroatoms. The van der Waals surface area contributed by atoms with Crippen LogP contribution in [0.3, 0.4) is 0 Å². The standard InChI is InChI=1S/C13H18N2O/c1-9-11(13(16)14-2)4-3-5-12(9)15-8-10-6-7-10/h3-5,10,15H,6-8H2,1-2H3,(H,14,16). The van der Waals surface area contributed by atoms with E-state index in [0.29, 0.717) is 0 Å². The lowest BCUT2D eigenvalue weighted by atomic mass is 10.1. The van der Waals surface area contributed by atoms with E-state index in [1.807, 2.05) is 25.1 Å². The molecule has 0 aliphatic heterocycles. The molecule has 86 valence electrons. The molecule has 1 aliphatic rings. The third-order valence-electron chi connectivity index (χ3n) is 3.08. The fourth-order valence-corrected chi connectivity index (χ4v) is 1.78. The van der Waals surface area contributed by atoms with Gasteiger partial charge >= 0.3 is 0 Å². The zero-order valence-electron chi connectivity index (χ0n) is 9.84. The van der Waals surface area contributed by atoms with Crippen LogP contribution >= 0.6 is 0 Å². The Labute approximate surface area is 96.2 Å². The summed E-state index contributed by atoms with van der Waals surface area (Å²) in [5.74, 6) is 0.815. The highest BCUT2D eigenvalue weighted by molar-refractivity contribution is 5.96. The molecule has 3 nitrogen and oxygen atoms in total. The molecule has 1 fully saturated rings. The first-order chi connectivity index (χ1) is 7.72. The number of hydrogen-bond donors (Lipinski definition) is 2. The minimum Gasteiger partial charge on any atom is -0.385 e. The maximum Gasteiger partial charge on any atom is 0.251 e. The summed E-state index contributed by atoms with van der Waals surface area (Å²) < 4.78 is 0. The Hall–Kier alpha value is -1.51. The van der Waals surface area contributed by atoms with E-state index in [0.717, 1.165) is 29.3 Å². The summed E-state index contributed by atoms with van der Waals surface area (Å²) in [6.45, 7) is 3.01. The van der Waals surface area contributed by atoms with Gasteiger partial charge in [0.25, 0.3) is 5.91 Å². The molecule has 1 saturated carbocycles. The summed E-state index contributed by atoms with van der Waals surface area (Å²) in [4.78, 5) is 11.6. The smallest absolute Gasteiger partial charge is 0.251 e. The zero-order valence-corrected chi connectivity index (χ0v) is 9.84. The third kappa shape index (κ3) is 2.35. The monoisotopic (exact) mass is 218 g/mol. The topological polar surface area (TPSA) is 41.1 Å². The summed E-state index contributed by atoms with van der Waals surface area (Å²) in [6, 6.07) is 5.81. The van der Waals surface area contributed by atoms with Gasteiger partial charge in [-0.3, -0.25) is 4.79 Å². The molecule has 0 unspecified atom stereocenters. The van der Waals surface area contributed by atoms with Crippen LogP contribution in [0.1, 0.15) is 28.8 Å². The van der Waals surface area contributed by atoms with Crippen molar-refractivity contribution in [3.8, 4) is 0 Å². The van der Waals surface area contributed by atoms with E-state index in [-0.39, 0.29) is 5.91 Å². The van der Waals surface area contributed by atoms with Crippen molar-refractivity contribution in [3.05, 3.63) is 29.3 Å². The lowest BCUT2D eigenvalue weighted by molar-refractivity contribution is 0.0962. The van der Waals surface area contributed by atoms with Gasteiger partial charge < -0.3 is 10.6 Å². The van der Waals surface area contributed by atoms with Crippen molar-refractivity contribution in [1.82, 2.24) is 5.32 Å². The minimum atomic E-state index is -0.0208. The van der Waals surface area contributed by atoms with Gasteiger partial charge in [-0.1, -0.05) is 6.07 Å². The highest BCUT2D eigenvalue weighted by Crippen LogP contribution is 2.29. The van der Waals surface area contributed by atoms with Gasteiger partial charge in [0.2, 0.25) is 0 Å². The number of rotatable bonds is 4. The highest BCUT2D eigenvalue weighted by atomic mass is 16.1. The van der Waals surface area contributed by atoms with Crippen LogP contribution in [0.15, 0.2) is 18.2 Å². The van der Waals surface area contributed by atoms with Crippen molar-refractivity contribution in [1.29, 1.82) is 0 Å². The van der Waals surface area contributed by atoms with E-state index in [4.69, 9.17) is 0 Å². The Morgan fingerprint density at radius 2 is 2.19 bits per heavy atom. The molecule has 0 radical (unpaired) electrons. The average molecular weight is 218 g/mol. The van der Waals surface area contributed by atoms with Crippen LogP contribution in [0.5, 0.6) is 0 Å². The number of carbonyl (C=O) groups is 1. The van der Waals surface area contributed by atoms with Crippen LogP contribution in [0.4, 0.5) is 5.69 Å². The number of carbonyl (C=O) groups excluding carboxylic acids is 1. The maximum atomic E-state index is 11.6. The van der Waals surface area contributed by atoms with Crippen LogP contribution in [-0.2, 0) is 0 Å². The Morgan fingerprint density at radius 3 is 2.81 bits per heavy atom. The molecule has 0 heterocycles. The minimum absolute atomic E-state index is 0.0208. The molecule has 1 aromatic carbocycles. The van der Waals surface area contributed by atoms with Gasteiger partial charge in [-0.25, -0.2) is 0 Å². The van der Waals surface area contributed by atoms with Gasteiger partial charge in [0.1, 0.15) is 0 Å². The molecular formula is C13H18N2O. The molecule has 1 amide bonds. The molecule has 0 aromatic heterocycles. The second kappa shape index (κ2) is 4.56. The zero-order chi connectivity index (χ0) is 11.5. The number of hydrogen-bond acceptors (Lipinski definition) is 2. The molecule has 0 saturated heterocycles. The van der Waals surface area contributed by atoms with E-state index in [1.54, 1.807) is 7.05 Å². The lowest BCUT2D eigenvalue weighted by Gasteiger charge is -2.12. The molecular weight excluding hydrogens is 200 g/mol. The van der Waals surface area contributed by atoms with Gasteiger partial charge in [0, 0.05) is 24.8 Å². The van der Waals surface area contributed by atoms with Crippen LogP contribution in [-0.4, -0.2) is 19.5 Å². The van der Waals surface area contributed by atoms with E-state index in [1.165, 1.54) is 12.8 Å². The SMILES string of the molecule is CNC(=O)c1cccc(NCC2CC2)c1C. The fraction of sp³-hybridized carbons (Fsp3) is 0.462. The Balaban J connectivity index is 2.14. The maximum absolute atomic E-state index is 11.6. The van der Waals surface area contributed by atoms with Crippen molar-refractivity contribution in [2.75, 3.05) is 18.9 Å². The fourth-order valence-electron chi connectivity index (χ4n) is 1.78. The first kappa shape index (κ1) is 11.0. The number of amides is 1. The van der Waals surface area contributed by atoms with Crippen LogP contribution in [0.25, 0.3) is 0 Å². The summed E-state index contributed by atoms with van der Waals surface area (Å²) in [5.41, 5.74) is 2.86. The van der Waals surface area contributed by atoms with Gasteiger partial charge in [0.15, 0.2) is 0 Å². The van der Waals surface area contributed by atoms with Gasteiger partial charge in [-0.2, -0.15) is 0 Å². The molecule has 0 bridgehead atoms. The highest BCUT2D eigenvalue weighted by Gasteiger charge is 2.21. The summed E-state index contributed by atoms with van der Waals surface area (Å²) in [7, 11) is 1.66. The van der Waals surface area contributed by atoms with Crippen LogP contribution in [0, 0.1) is 12.8 Å². The first-order valence-electron chi connectivity index (χ1n) is 5.78. The van der Waals surface area contributed by atoms with Crippen molar-refractivity contribution in [3.63, 3.8) is 0 Å². The average Bonchev–Trinajstić information content (AvgIpc) is 3.10. The molecule has 1 aromatic rings. The quantitative estimate of drug-likeness (QED) is 0.813. The van der Waals surface area contributed by atoms with Crippen molar-refractivity contribution >= 4 is 11.6 Å². The summed E-state index contributed by atoms with van der Waals surface area (Å²) in [6.07, 6.45) is 2.67. The Kier molecular flexibility index (Phi) is 3.13. The predicted octanol–water partition coefficient (Wildman–Crippen LogP) is 2.18. The predicted molar refractivity (Wildman–Crippen MR) is 65.8 cm³/mol. The number of nitrogens with one attached hydrogen (secondary N) is 2. The third-order valence-corrected chi connectivity index (χ3v) is 3.08. The second-order valence-electron chi connectivity index (χ2n) is 4.38. The Morgan fingerprint density at radius 1 is 1.44 bits per heavy atom. The number of anilines is 1. The normalized spacial score (nSPS) is 14.6. The van der Waals surface area contributed by atoms with E-state index < -0.39 is 0 Å². The summed E-state index contributed by atoms with van der Waals surface area (Å²) in [5, 5.41) is 6.07. The van der Waals surface area contributed by atoms with Crippen LogP contribution < -0.4 is 10.6 Å². The molecule has 1 aliphatic carbocycles. The first-order valence-corrected chi connectivity index (χ1v) is 5.78. The van der Waals surface area contributed by atoms with E-state index >= 15 is 0 Å². The van der Waals surface area contributed by atoms with Gasteiger partial charge in [-0.05, 0) is 43.4 Å². The van der Waals surface area contributed by atoms with Crippen molar-refractivity contribution in [2.45, 2.75) is 19.8 Å². The molecule has 2 N–H and O–H groups in total. The molecule has 16 heavy (non-hydrogen) atoms. The number of benzene rings is 1. The van der Waals surface area contributed by atoms with E-state index in [2.05, 4.69) is 10.6 Å². The van der Waals surface area contributed by atoms with Crippen molar-refractivity contribution in [2.24, 2.45) is 5.92 Å². The Bertz CT molecular complexity index is 397. The second-order valence-corrected chi connectivity index (χ2v) is 4.38. The van der Waals surface area contributed by atoms with Gasteiger partial charge in [-0.15, -0.1) is 0 Å². The van der Waals surface area contributed by atoms with Gasteiger partial charge in [0.05, 0.1) is 0 Å². The molecule has 0 spiro atoms. The molecule has 0 atom stereocenters. The molecule has 2 rings (SSSR count). The van der Waals surface area contributed by atoms with Crippen molar-refractivity contribution < 1.29 is 4.79 Å². The summed E-state index contributed by atoms with van der Waals surface area (Å²) >= 11 is 0. The lowest BCUT2D eigenvalue weighted by Crippen LogP contribution is -2.19. The largest absolute Gasteiger partial charge is 0.385 e. The van der Waals surface area contributed by atoms with E-state index in [9.17, 15) is 4.79 Å². The van der Waals surface area contributed by atoms with Crippen LogP contribution in [0.2, 0.25) is 0 Å².